The van der Waals surface area contributed by atoms with Crippen LogP contribution in [0, 0.1) is 0 Å². The van der Waals surface area contributed by atoms with Gasteiger partial charge in [-0.05, 0) is 18.6 Å². The molecule has 0 aliphatic carbocycles. The molecule has 1 amide bonds. The molecule has 1 unspecified atom stereocenters. The highest BCUT2D eigenvalue weighted by Gasteiger charge is 2.23. The van der Waals surface area contributed by atoms with Gasteiger partial charge in [0.25, 0.3) is 5.91 Å². The van der Waals surface area contributed by atoms with Crippen LogP contribution in [0.4, 0.5) is 0 Å². The highest BCUT2D eigenvalue weighted by atomic mass is 16.5. The zero-order valence-electron chi connectivity index (χ0n) is 16.0. The van der Waals surface area contributed by atoms with Gasteiger partial charge in [0, 0.05) is 25.6 Å². The Balaban J connectivity index is 1.51. The van der Waals surface area contributed by atoms with Crippen molar-refractivity contribution >= 4 is 11.9 Å². The molecule has 9 nitrogen and oxygen atoms in total. The first-order valence-electron chi connectivity index (χ1n) is 9.39. The highest BCUT2D eigenvalue weighted by molar-refractivity contribution is 5.92. The second-order valence-electron chi connectivity index (χ2n) is 6.78. The van der Waals surface area contributed by atoms with Gasteiger partial charge in [-0.25, -0.2) is 14.8 Å². The number of ether oxygens (including phenoxy) is 4. The second kappa shape index (κ2) is 8.44. The Morgan fingerprint density at radius 2 is 1.97 bits per heavy atom. The number of rotatable bonds is 6. The van der Waals surface area contributed by atoms with Gasteiger partial charge in [0.1, 0.15) is 23.3 Å². The van der Waals surface area contributed by atoms with Crippen LogP contribution in [-0.4, -0.2) is 66.3 Å². The molecule has 2 saturated heterocycles. The van der Waals surface area contributed by atoms with Crippen molar-refractivity contribution < 1.29 is 28.5 Å². The Kier molecular flexibility index (Phi) is 5.57. The van der Waals surface area contributed by atoms with Gasteiger partial charge in [0.15, 0.2) is 0 Å². The van der Waals surface area contributed by atoms with Gasteiger partial charge in [-0.3, -0.25) is 4.79 Å². The van der Waals surface area contributed by atoms with Crippen LogP contribution in [0.3, 0.4) is 0 Å². The SMILES string of the molecule is COC(=O)c1cc(Oc2cnc(C(=O)N3CCC3)cn2)cc(OC2CCOC2)c1. The number of hydrogen-bond acceptors (Lipinski definition) is 8. The summed E-state index contributed by atoms with van der Waals surface area (Å²) in [6.07, 6.45) is 4.46. The molecule has 2 fully saturated rings. The molecule has 1 aromatic heterocycles. The first kappa shape index (κ1) is 19.1. The molecule has 4 rings (SSSR count). The Hall–Kier alpha value is -3.20. The third-order valence-electron chi connectivity index (χ3n) is 4.70. The van der Waals surface area contributed by atoms with E-state index in [-0.39, 0.29) is 29.1 Å². The number of aromatic nitrogens is 2. The maximum absolute atomic E-state index is 12.2. The van der Waals surface area contributed by atoms with E-state index < -0.39 is 5.97 Å². The van der Waals surface area contributed by atoms with Crippen LogP contribution in [0.2, 0.25) is 0 Å². The summed E-state index contributed by atoms with van der Waals surface area (Å²) in [6, 6.07) is 4.79. The van der Waals surface area contributed by atoms with Crippen molar-refractivity contribution in [3.8, 4) is 17.4 Å². The summed E-state index contributed by atoms with van der Waals surface area (Å²) in [5.74, 6) is 0.359. The van der Waals surface area contributed by atoms with Crippen LogP contribution in [-0.2, 0) is 9.47 Å². The quantitative estimate of drug-likeness (QED) is 0.681. The van der Waals surface area contributed by atoms with Crippen molar-refractivity contribution in [2.45, 2.75) is 18.9 Å². The molecule has 2 aromatic rings. The monoisotopic (exact) mass is 399 g/mol. The molecule has 0 saturated carbocycles. The summed E-state index contributed by atoms with van der Waals surface area (Å²) < 4.78 is 21.7. The lowest BCUT2D eigenvalue weighted by molar-refractivity contribution is 0.0598. The van der Waals surface area contributed by atoms with Gasteiger partial charge >= 0.3 is 5.97 Å². The van der Waals surface area contributed by atoms with Gasteiger partial charge in [-0.1, -0.05) is 0 Å². The second-order valence-corrected chi connectivity index (χ2v) is 6.78. The lowest BCUT2D eigenvalue weighted by Gasteiger charge is -2.30. The van der Waals surface area contributed by atoms with E-state index in [2.05, 4.69) is 9.97 Å². The number of likely N-dealkylation sites (tertiary alicyclic amines) is 1. The fraction of sp³-hybridized carbons (Fsp3) is 0.400. The molecule has 0 radical (unpaired) electrons. The minimum Gasteiger partial charge on any atom is -0.488 e. The Bertz CT molecular complexity index is 892. The fourth-order valence-corrected chi connectivity index (χ4v) is 3.01. The topological polar surface area (TPSA) is 100 Å². The molecule has 1 aromatic carbocycles. The first-order chi connectivity index (χ1) is 14.1. The summed E-state index contributed by atoms with van der Waals surface area (Å²) in [6.45, 7) is 2.63. The maximum atomic E-state index is 12.2. The summed E-state index contributed by atoms with van der Waals surface area (Å²) in [5.41, 5.74) is 0.557. The third-order valence-corrected chi connectivity index (χ3v) is 4.70. The molecule has 152 valence electrons. The van der Waals surface area contributed by atoms with Crippen LogP contribution < -0.4 is 9.47 Å². The summed E-state index contributed by atoms with van der Waals surface area (Å²) in [7, 11) is 1.31. The molecule has 9 heteroatoms. The molecule has 2 aliphatic rings. The molecular formula is C20H21N3O6. The number of carbonyl (C=O) groups is 2. The highest BCUT2D eigenvalue weighted by Crippen LogP contribution is 2.28. The predicted molar refractivity (Wildman–Crippen MR) is 100 cm³/mol. The van der Waals surface area contributed by atoms with Crippen LogP contribution in [0.25, 0.3) is 0 Å². The number of methoxy groups -OCH3 is 1. The Morgan fingerprint density at radius 3 is 2.59 bits per heavy atom. The zero-order valence-corrected chi connectivity index (χ0v) is 16.0. The number of esters is 1. The largest absolute Gasteiger partial charge is 0.488 e. The van der Waals surface area contributed by atoms with E-state index in [1.54, 1.807) is 17.0 Å². The number of amides is 1. The molecule has 0 N–H and O–H groups in total. The third kappa shape index (κ3) is 4.45. The molecule has 3 heterocycles. The van der Waals surface area contributed by atoms with E-state index >= 15 is 0 Å². The average molecular weight is 399 g/mol. The minimum absolute atomic E-state index is 0.0812. The normalized spacial score (nSPS) is 18.1. The summed E-state index contributed by atoms with van der Waals surface area (Å²) in [4.78, 5) is 34.2. The first-order valence-corrected chi connectivity index (χ1v) is 9.39. The Morgan fingerprint density at radius 1 is 1.14 bits per heavy atom. The van der Waals surface area contributed by atoms with Crippen molar-refractivity contribution in [2.75, 3.05) is 33.4 Å². The van der Waals surface area contributed by atoms with Crippen LogP contribution in [0.5, 0.6) is 17.4 Å². The molecule has 1 atom stereocenters. The van der Waals surface area contributed by atoms with Gasteiger partial charge in [-0.15, -0.1) is 0 Å². The van der Waals surface area contributed by atoms with Crippen molar-refractivity contribution in [1.29, 1.82) is 0 Å². The van der Waals surface area contributed by atoms with Gasteiger partial charge in [-0.2, -0.15) is 0 Å². The van der Waals surface area contributed by atoms with E-state index in [0.717, 1.165) is 25.9 Å². The molecule has 29 heavy (non-hydrogen) atoms. The van der Waals surface area contributed by atoms with Crippen molar-refractivity contribution in [1.82, 2.24) is 14.9 Å². The average Bonchev–Trinajstić information content (AvgIpc) is 3.19. The molecule has 2 aliphatic heterocycles. The Labute approximate surface area is 167 Å². The molecule has 0 bridgehead atoms. The van der Waals surface area contributed by atoms with E-state index in [0.29, 0.717) is 24.7 Å². The van der Waals surface area contributed by atoms with E-state index in [4.69, 9.17) is 18.9 Å². The zero-order chi connectivity index (χ0) is 20.2. The van der Waals surface area contributed by atoms with Gasteiger partial charge in [0.2, 0.25) is 5.88 Å². The minimum atomic E-state index is -0.510. The predicted octanol–water partition coefficient (Wildman–Crippen LogP) is 2.07. The van der Waals surface area contributed by atoms with E-state index in [1.165, 1.54) is 25.6 Å². The van der Waals surface area contributed by atoms with Crippen LogP contribution >= 0.6 is 0 Å². The van der Waals surface area contributed by atoms with Gasteiger partial charge < -0.3 is 23.8 Å². The number of carbonyl (C=O) groups excluding carboxylic acids is 2. The van der Waals surface area contributed by atoms with Crippen molar-refractivity contribution in [3.63, 3.8) is 0 Å². The van der Waals surface area contributed by atoms with Crippen LogP contribution in [0.1, 0.15) is 33.7 Å². The lowest BCUT2D eigenvalue weighted by Crippen LogP contribution is -2.42. The lowest BCUT2D eigenvalue weighted by atomic mass is 10.2. The van der Waals surface area contributed by atoms with Gasteiger partial charge in [0.05, 0.1) is 38.3 Å². The van der Waals surface area contributed by atoms with E-state index in [1.807, 2.05) is 0 Å². The standard InChI is InChI=1S/C20H21N3O6/c1-26-20(25)13-7-15(28-14-3-6-27-12-14)9-16(8-13)29-18-11-21-17(10-22-18)19(24)23-4-2-5-23/h7-11,14H,2-6,12H2,1H3. The van der Waals surface area contributed by atoms with Crippen molar-refractivity contribution in [2.24, 2.45) is 0 Å². The number of benzene rings is 1. The fourth-order valence-electron chi connectivity index (χ4n) is 3.01. The summed E-state index contributed by atoms with van der Waals surface area (Å²) >= 11 is 0. The smallest absolute Gasteiger partial charge is 0.338 e. The van der Waals surface area contributed by atoms with Crippen molar-refractivity contribution in [3.05, 3.63) is 41.9 Å². The molecular weight excluding hydrogens is 378 g/mol. The van der Waals surface area contributed by atoms with E-state index in [9.17, 15) is 9.59 Å². The molecule has 0 spiro atoms. The van der Waals surface area contributed by atoms with Crippen LogP contribution in [0.15, 0.2) is 30.6 Å². The summed E-state index contributed by atoms with van der Waals surface area (Å²) in [5, 5.41) is 0. The number of hydrogen-bond donors (Lipinski definition) is 0. The maximum Gasteiger partial charge on any atom is 0.338 e. The number of nitrogens with zero attached hydrogens (tertiary/aromatic N) is 3.